The molecule has 0 aromatic heterocycles. The van der Waals surface area contributed by atoms with Gasteiger partial charge in [-0.3, -0.25) is 19.2 Å². The molecule has 318 valence electrons. The van der Waals surface area contributed by atoms with Gasteiger partial charge in [0.05, 0.1) is 159 Å². The van der Waals surface area contributed by atoms with Crippen LogP contribution in [0.25, 0.3) is 0 Å². The second-order valence-corrected chi connectivity index (χ2v) is 11.1. The lowest BCUT2D eigenvalue weighted by atomic mass is 10.1. The number of ether oxygens (including phenoxy) is 12. The fourth-order valence-corrected chi connectivity index (χ4v) is 3.82. The standard InChI is InChI=1S/C34H66N4O16/c1-30(39)37-5-7-44-9-11-46-13-15-48-17-19-50-21-23-52-25-27-54-29-28-53-26-24-51-22-20-49-18-16-47-14-12-45-10-8-43-6-4-33(41)38-31(34(36)42)2-3-32(35)40/h31H,2-29H2,1H3,(H2,35,40)(H2,36,42)(H,37,39)(H,38,41)/t31-/m0/s1. The fourth-order valence-electron chi connectivity index (χ4n) is 3.82. The topological polar surface area (TPSA) is 255 Å². The Morgan fingerprint density at radius 3 is 0.963 bits per heavy atom. The Hall–Kier alpha value is -2.60. The lowest BCUT2D eigenvalue weighted by molar-refractivity contribution is -0.128. The van der Waals surface area contributed by atoms with E-state index in [0.717, 1.165) is 0 Å². The minimum Gasteiger partial charge on any atom is -0.379 e. The summed E-state index contributed by atoms with van der Waals surface area (Å²) in [4.78, 5) is 44.8. The number of carbonyl (C=O) groups is 4. The van der Waals surface area contributed by atoms with Gasteiger partial charge in [0, 0.05) is 26.3 Å². The van der Waals surface area contributed by atoms with Gasteiger partial charge < -0.3 is 78.9 Å². The van der Waals surface area contributed by atoms with E-state index in [4.69, 9.17) is 68.3 Å². The van der Waals surface area contributed by atoms with Gasteiger partial charge in [-0.05, 0) is 6.42 Å². The number of nitrogens with two attached hydrogens (primary N) is 2. The van der Waals surface area contributed by atoms with Crippen molar-refractivity contribution in [2.45, 2.75) is 32.2 Å². The number of hydrogen-bond acceptors (Lipinski definition) is 16. The Morgan fingerprint density at radius 1 is 0.426 bits per heavy atom. The summed E-state index contributed by atoms with van der Waals surface area (Å²) < 4.78 is 65.1. The van der Waals surface area contributed by atoms with Crippen LogP contribution >= 0.6 is 0 Å². The van der Waals surface area contributed by atoms with E-state index in [0.29, 0.717) is 159 Å². The van der Waals surface area contributed by atoms with Crippen molar-refractivity contribution in [3.63, 3.8) is 0 Å². The first-order valence-corrected chi connectivity index (χ1v) is 18.4. The van der Waals surface area contributed by atoms with Crippen LogP contribution in [0.3, 0.4) is 0 Å². The van der Waals surface area contributed by atoms with Crippen LogP contribution in [0.5, 0.6) is 0 Å². The molecule has 4 amide bonds. The Morgan fingerprint density at radius 2 is 0.704 bits per heavy atom. The molecular weight excluding hydrogens is 720 g/mol. The average Bonchev–Trinajstić information content (AvgIpc) is 3.14. The van der Waals surface area contributed by atoms with Gasteiger partial charge in [-0.2, -0.15) is 0 Å². The van der Waals surface area contributed by atoms with Crippen LogP contribution in [0.15, 0.2) is 0 Å². The monoisotopic (exact) mass is 786 g/mol. The van der Waals surface area contributed by atoms with Crippen LogP contribution < -0.4 is 22.1 Å². The van der Waals surface area contributed by atoms with E-state index < -0.39 is 23.8 Å². The summed E-state index contributed by atoms with van der Waals surface area (Å²) in [5.74, 6) is -1.79. The van der Waals surface area contributed by atoms with E-state index >= 15 is 0 Å². The number of hydrogen-bond donors (Lipinski definition) is 4. The molecular formula is C34H66N4O16. The molecule has 0 bridgehead atoms. The molecule has 0 saturated carbocycles. The lowest BCUT2D eigenvalue weighted by Crippen LogP contribution is -2.45. The minimum absolute atomic E-state index is 0.0371. The van der Waals surface area contributed by atoms with Crippen LogP contribution in [0.1, 0.15) is 26.2 Å². The predicted octanol–water partition coefficient (Wildman–Crippen LogP) is -2.05. The number of carbonyl (C=O) groups excluding carboxylic acids is 4. The number of nitrogens with one attached hydrogen (secondary N) is 2. The third kappa shape index (κ3) is 42.1. The van der Waals surface area contributed by atoms with Crippen molar-refractivity contribution < 1.29 is 76.0 Å². The first-order valence-electron chi connectivity index (χ1n) is 18.4. The normalized spacial score (nSPS) is 11.8. The number of rotatable bonds is 44. The highest BCUT2D eigenvalue weighted by Crippen LogP contribution is 1.98. The van der Waals surface area contributed by atoms with E-state index in [2.05, 4.69) is 10.6 Å². The van der Waals surface area contributed by atoms with E-state index in [1.807, 2.05) is 0 Å². The highest BCUT2D eigenvalue weighted by Gasteiger charge is 2.18. The summed E-state index contributed by atoms with van der Waals surface area (Å²) in [6, 6.07) is -0.947. The molecule has 0 fully saturated rings. The molecule has 6 N–H and O–H groups in total. The molecule has 0 aliphatic carbocycles. The largest absolute Gasteiger partial charge is 0.379 e. The first kappa shape index (κ1) is 51.4. The molecule has 0 rings (SSSR count). The van der Waals surface area contributed by atoms with Crippen LogP contribution in [0.4, 0.5) is 0 Å². The maximum atomic E-state index is 11.9. The van der Waals surface area contributed by atoms with E-state index in [1.165, 1.54) is 6.92 Å². The van der Waals surface area contributed by atoms with Gasteiger partial charge in [0.2, 0.25) is 23.6 Å². The summed E-state index contributed by atoms with van der Waals surface area (Å²) in [7, 11) is 0. The zero-order valence-electron chi connectivity index (χ0n) is 32.1. The van der Waals surface area contributed by atoms with Gasteiger partial charge in [0.15, 0.2) is 0 Å². The highest BCUT2D eigenvalue weighted by molar-refractivity contribution is 5.87. The zero-order valence-corrected chi connectivity index (χ0v) is 32.1. The van der Waals surface area contributed by atoms with Gasteiger partial charge in [-0.25, -0.2) is 0 Å². The third-order valence-corrected chi connectivity index (χ3v) is 6.54. The van der Waals surface area contributed by atoms with Crippen molar-refractivity contribution in [1.29, 1.82) is 0 Å². The van der Waals surface area contributed by atoms with Crippen molar-refractivity contribution in [3.8, 4) is 0 Å². The van der Waals surface area contributed by atoms with Crippen molar-refractivity contribution >= 4 is 23.6 Å². The molecule has 54 heavy (non-hydrogen) atoms. The Labute approximate surface area is 319 Å². The molecule has 0 aliphatic rings. The van der Waals surface area contributed by atoms with Gasteiger partial charge in [0.1, 0.15) is 6.04 Å². The molecule has 0 unspecified atom stereocenters. The summed E-state index contributed by atoms with van der Waals surface area (Å²) in [6.07, 6.45) is 0.0412. The molecule has 0 aromatic rings. The third-order valence-electron chi connectivity index (χ3n) is 6.54. The van der Waals surface area contributed by atoms with Crippen LogP contribution in [-0.2, 0) is 76.0 Å². The first-order chi connectivity index (χ1) is 26.3. The Kier molecular flexibility index (Phi) is 39.6. The number of amides is 4. The van der Waals surface area contributed by atoms with E-state index in [9.17, 15) is 19.2 Å². The van der Waals surface area contributed by atoms with E-state index in [-0.39, 0.29) is 31.8 Å². The van der Waals surface area contributed by atoms with Gasteiger partial charge in [0.25, 0.3) is 0 Å². The highest BCUT2D eigenvalue weighted by atomic mass is 16.6. The quantitative estimate of drug-likeness (QED) is 0.0485. The summed E-state index contributed by atoms with van der Waals surface area (Å²) >= 11 is 0. The van der Waals surface area contributed by atoms with Gasteiger partial charge in [-0.1, -0.05) is 0 Å². The van der Waals surface area contributed by atoms with Gasteiger partial charge in [-0.15, -0.1) is 0 Å². The number of primary amides is 2. The van der Waals surface area contributed by atoms with Crippen LogP contribution in [0, 0.1) is 0 Å². The predicted molar refractivity (Wildman–Crippen MR) is 193 cm³/mol. The summed E-state index contributed by atoms with van der Waals surface area (Å²) in [5.41, 5.74) is 10.3. The molecule has 1 atom stereocenters. The fraction of sp³-hybridized carbons (Fsp3) is 0.882. The Balaban J connectivity index is 3.20. The molecule has 0 aromatic carbocycles. The maximum Gasteiger partial charge on any atom is 0.240 e. The summed E-state index contributed by atoms with van der Waals surface area (Å²) in [5, 5.41) is 5.11. The second kappa shape index (κ2) is 41.6. The zero-order chi connectivity index (χ0) is 39.6. The van der Waals surface area contributed by atoms with Crippen molar-refractivity contribution in [3.05, 3.63) is 0 Å². The maximum absolute atomic E-state index is 11.9. The molecule has 0 aliphatic heterocycles. The van der Waals surface area contributed by atoms with Gasteiger partial charge >= 0.3 is 0 Å². The van der Waals surface area contributed by atoms with E-state index in [1.54, 1.807) is 0 Å². The molecule has 0 heterocycles. The van der Waals surface area contributed by atoms with Crippen LogP contribution in [0.2, 0.25) is 0 Å². The van der Waals surface area contributed by atoms with Crippen molar-refractivity contribution in [2.24, 2.45) is 11.5 Å². The minimum atomic E-state index is -0.947. The van der Waals surface area contributed by atoms with Crippen LogP contribution in [-0.4, -0.2) is 195 Å². The molecule has 0 saturated heterocycles. The molecule has 20 nitrogen and oxygen atoms in total. The van der Waals surface area contributed by atoms with Crippen molar-refractivity contribution in [1.82, 2.24) is 10.6 Å². The second-order valence-electron chi connectivity index (χ2n) is 11.1. The van der Waals surface area contributed by atoms with Crippen molar-refractivity contribution in [2.75, 3.05) is 165 Å². The average molecular weight is 787 g/mol. The summed E-state index contributed by atoms with van der Waals surface area (Å²) in [6.45, 7) is 12.4. The molecule has 0 radical (unpaired) electrons. The lowest BCUT2D eigenvalue weighted by Gasteiger charge is -2.14. The molecule has 20 heteroatoms. The molecule has 0 spiro atoms. The Bertz CT molecular complexity index is 893. The smallest absolute Gasteiger partial charge is 0.240 e. The SMILES string of the molecule is CC(=O)NCCOCCOCCOCCOCCOCCOCCOCCOCCOCCOCCOCCOCCC(=O)N[C@@H](CCC(N)=O)C(N)=O.